The maximum Gasteiger partial charge on any atom is 0.292 e. The summed E-state index contributed by atoms with van der Waals surface area (Å²) < 4.78 is 57.2. The van der Waals surface area contributed by atoms with Crippen LogP contribution >= 0.6 is 0 Å². The van der Waals surface area contributed by atoms with Crippen LogP contribution in [0.15, 0.2) is 94.4 Å². The van der Waals surface area contributed by atoms with Gasteiger partial charge in [-0.15, -0.1) is 0 Å². The fourth-order valence-corrected chi connectivity index (χ4v) is 5.25. The zero-order chi connectivity index (χ0) is 26.8. The SMILES string of the molecule is C/C=C/C(F)(F)c1cc(=O)[nH]c2ccc(Cc3ccc(S(=O)(=O)NCC4C=CC(O)=CC4O)cc3)cc12. The minimum absolute atomic E-state index is 0.0355. The first-order chi connectivity index (χ1) is 17.5. The molecule has 1 aliphatic carbocycles. The second-order valence-corrected chi connectivity index (χ2v) is 10.6. The Bertz CT molecular complexity index is 1560. The van der Waals surface area contributed by atoms with Crippen LogP contribution in [0.5, 0.6) is 0 Å². The topological polar surface area (TPSA) is 119 Å². The van der Waals surface area contributed by atoms with Gasteiger partial charge in [-0.1, -0.05) is 30.4 Å². The number of aromatic nitrogens is 1. The number of fused-ring (bicyclic) bond motifs is 1. The highest BCUT2D eigenvalue weighted by Crippen LogP contribution is 2.34. The summed E-state index contributed by atoms with van der Waals surface area (Å²) in [5, 5.41) is 19.6. The Labute approximate surface area is 212 Å². The van der Waals surface area contributed by atoms with Crippen molar-refractivity contribution < 1.29 is 27.4 Å². The average molecular weight is 529 g/mol. The number of rotatable bonds is 8. The van der Waals surface area contributed by atoms with E-state index in [0.29, 0.717) is 17.5 Å². The van der Waals surface area contributed by atoms with Gasteiger partial charge in [0.05, 0.1) is 11.0 Å². The van der Waals surface area contributed by atoms with Gasteiger partial charge in [-0.2, -0.15) is 8.78 Å². The molecule has 1 heterocycles. The molecule has 0 saturated carbocycles. The van der Waals surface area contributed by atoms with Crippen LogP contribution in [0.3, 0.4) is 0 Å². The number of sulfonamides is 1. The predicted molar refractivity (Wildman–Crippen MR) is 137 cm³/mol. The highest BCUT2D eigenvalue weighted by atomic mass is 32.2. The zero-order valence-corrected chi connectivity index (χ0v) is 20.7. The molecule has 7 nitrogen and oxygen atoms in total. The van der Waals surface area contributed by atoms with Gasteiger partial charge in [-0.25, -0.2) is 13.1 Å². The Morgan fingerprint density at radius 2 is 1.81 bits per heavy atom. The summed E-state index contributed by atoms with van der Waals surface area (Å²) in [7, 11) is -3.85. The molecule has 3 aromatic rings. The molecule has 194 valence electrons. The number of H-pyrrole nitrogens is 1. The van der Waals surface area contributed by atoms with Crippen molar-refractivity contribution in [3.8, 4) is 0 Å². The van der Waals surface area contributed by atoms with E-state index in [-0.39, 0.29) is 28.1 Å². The number of pyridine rings is 1. The molecule has 0 aliphatic heterocycles. The van der Waals surface area contributed by atoms with E-state index >= 15 is 0 Å². The molecule has 1 aliphatic rings. The van der Waals surface area contributed by atoms with Gasteiger partial charge >= 0.3 is 0 Å². The molecule has 2 unspecified atom stereocenters. The number of alkyl halides is 2. The third-order valence-electron chi connectivity index (χ3n) is 6.09. The Balaban J connectivity index is 1.52. The molecule has 37 heavy (non-hydrogen) atoms. The number of aliphatic hydroxyl groups is 2. The van der Waals surface area contributed by atoms with E-state index in [1.54, 1.807) is 30.3 Å². The van der Waals surface area contributed by atoms with E-state index in [9.17, 15) is 32.2 Å². The molecule has 4 N–H and O–H groups in total. The second kappa shape index (κ2) is 10.4. The Kier molecular flexibility index (Phi) is 7.44. The molecule has 2 atom stereocenters. The zero-order valence-electron chi connectivity index (χ0n) is 19.9. The third kappa shape index (κ3) is 6.04. The lowest BCUT2D eigenvalue weighted by Gasteiger charge is -2.20. The minimum atomic E-state index is -3.85. The molecular formula is C27H26F2N2O5S. The van der Waals surface area contributed by atoms with Crippen molar-refractivity contribution in [2.24, 2.45) is 5.92 Å². The lowest BCUT2D eigenvalue weighted by atomic mass is 9.97. The van der Waals surface area contributed by atoms with E-state index in [2.05, 4.69) is 9.71 Å². The minimum Gasteiger partial charge on any atom is -0.508 e. The highest BCUT2D eigenvalue weighted by molar-refractivity contribution is 7.89. The first-order valence-corrected chi connectivity index (χ1v) is 13.0. The van der Waals surface area contributed by atoms with Crippen LogP contribution < -0.4 is 10.3 Å². The third-order valence-corrected chi connectivity index (χ3v) is 7.53. The van der Waals surface area contributed by atoms with Gasteiger partial charge in [0.25, 0.3) is 5.92 Å². The summed E-state index contributed by atoms with van der Waals surface area (Å²) in [6.45, 7) is 1.43. The molecule has 0 bridgehead atoms. The van der Waals surface area contributed by atoms with E-state index in [0.717, 1.165) is 17.7 Å². The fourth-order valence-electron chi connectivity index (χ4n) is 4.18. The number of halogens is 2. The number of benzene rings is 2. The van der Waals surface area contributed by atoms with Crippen LogP contribution in [0.4, 0.5) is 8.78 Å². The summed E-state index contributed by atoms with van der Waals surface area (Å²) in [5.41, 5.74) is 0.762. The Morgan fingerprint density at radius 3 is 2.49 bits per heavy atom. The maximum atomic E-state index is 14.7. The van der Waals surface area contributed by atoms with Crippen LogP contribution in [-0.2, 0) is 22.4 Å². The van der Waals surface area contributed by atoms with Gasteiger partial charge in [-0.05, 0) is 67.0 Å². The standard InChI is InChI=1S/C27H26F2N2O5S/c1-2-11-27(28,29)23-15-26(34)31-24-10-5-18(13-22(23)24)12-17-3-8-21(9-4-17)37(35,36)30-16-19-6-7-20(32)14-25(19)33/h2-11,13-15,19,25,30,32-33H,12,16H2,1H3,(H,31,34)/b11-2+. The molecule has 0 spiro atoms. The number of hydrogen-bond donors (Lipinski definition) is 4. The van der Waals surface area contributed by atoms with Crippen molar-refractivity contribution in [2.45, 2.75) is 30.3 Å². The van der Waals surface area contributed by atoms with Crippen molar-refractivity contribution in [3.63, 3.8) is 0 Å². The maximum absolute atomic E-state index is 14.7. The summed E-state index contributed by atoms with van der Waals surface area (Å²) in [5.74, 6) is -3.91. The number of aromatic amines is 1. The predicted octanol–water partition coefficient (Wildman–Crippen LogP) is 4.05. The molecule has 1 aromatic heterocycles. The smallest absolute Gasteiger partial charge is 0.292 e. The van der Waals surface area contributed by atoms with Crippen LogP contribution in [-0.4, -0.2) is 36.3 Å². The molecule has 0 fully saturated rings. The molecular weight excluding hydrogens is 502 g/mol. The largest absolute Gasteiger partial charge is 0.508 e. The lowest BCUT2D eigenvalue weighted by Crippen LogP contribution is -2.34. The van der Waals surface area contributed by atoms with Crippen molar-refractivity contribution in [1.82, 2.24) is 9.71 Å². The summed E-state index contributed by atoms with van der Waals surface area (Å²) >= 11 is 0. The molecule has 0 radical (unpaired) electrons. The van der Waals surface area contributed by atoms with Gasteiger partial charge in [0, 0.05) is 35.0 Å². The number of hydrogen-bond acceptors (Lipinski definition) is 5. The van der Waals surface area contributed by atoms with Crippen molar-refractivity contribution in [3.05, 3.63) is 112 Å². The number of allylic oxidation sites excluding steroid dienone is 3. The molecule has 2 aromatic carbocycles. The summed E-state index contributed by atoms with van der Waals surface area (Å²) in [6, 6.07) is 12.0. The van der Waals surface area contributed by atoms with Crippen molar-refractivity contribution in [1.29, 1.82) is 0 Å². The quantitative estimate of drug-likeness (QED) is 0.329. The van der Waals surface area contributed by atoms with Crippen LogP contribution in [0.2, 0.25) is 0 Å². The van der Waals surface area contributed by atoms with Gasteiger partial charge < -0.3 is 15.2 Å². The van der Waals surface area contributed by atoms with Gasteiger partial charge in [0.2, 0.25) is 15.6 Å². The van der Waals surface area contributed by atoms with Gasteiger partial charge in [-0.3, -0.25) is 4.79 Å². The van der Waals surface area contributed by atoms with E-state index in [1.807, 2.05) is 0 Å². The van der Waals surface area contributed by atoms with Crippen LogP contribution in [0.25, 0.3) is 10.9 Å². The van der Waals surface area contributed by atoms with Crippen molar-refractivity contribution in [2.75, 3.05) is 6.54 Å². The fraction of sp³-hybridized carbons (Fsp3) is 0.222. The highest BCUT2D eigenvalue weighted by Gasteiger charge is 2.30. The van der Waals surface area contributed by atoms with Crippen LogP contribution in [0, 0.1) is 5.92 Å². The van der Waals surface area contributed by atoms with Gasteiger partial charge in [0.1, 0.15) is 5.76 Å². The summed E-state index contributed by atoms with van der Waals surface area (Å²) in [6.07, 6.45) is 5.49. The Morgan fingerprint density at radius 1 is 1.11 bits per heavy atom. The average Bonchev–Trinajstić information content (AvgIpc) is 2.83. The van der Waals surface area contributed by atoms with E-state index in [1.165, 1.54) is 43.4 Å². The molecule has 0 amide bonds. The normalized spacial score (nSPS) is 18.4. The number of aliphatic hydroxyl groups excluding tert-OH is 2. The van der Waals surface area contributed by atoms with Crippen LogP contribution in [0.1, 0.15) is 23.6 Å². The monoisotopic (exact) mass is 528 g/mol. The van der Waals surface area contributed by atoms with E-state index in [4.69, 9.17) is 0 Å². The molecule has 4 rings (SSSR count). The Hall–Kier alpha value is -3.60. The first kappa shape index (κ1) is 26.5. The molecule has 10 heteroatoms. The lowest BCUT2D eigenvalue weighted by molar-refractivity contribution is 0.0535. The second-order valence-electron chi connectivity index (χ2n) is 8.83. The van der Waals surface area contributed by atoms with Crippen molar-refractivity contribution >= 4 is 20.9 Å². The van der Waals surface area contributed by atoms with Gasteiger partial charge in [0.15, 0.2) is 0 Å². The number of nitrogens with one attached hydrogen (secondary N) is 2. The first-order valence-electron chi connectivity index (χ1n) is 11.5. The van der Waals surface area contributed by atoms with E-state index < -0.39 is 33.5 Å². The molecule has 0 saturated heterocycles. The summed E-state index contributed by atoms with van der Waals surface area (Å²) in [4.78, 5) is 14.5.